The number of ether oxygens (including phenoxy) is 2. The van der Waals surface area contributed by atoms with Gasteiger partial charge in [0, 0.05) is 36.8 Å². The van der Waals surface area contributed by atoms with Crippen molar-refractivity contribution in [3.63, 3.8) is 0 Å². The van der Waals surface area contributed by atoms with E-state index in [0.29, 0.717) is 51.4 Å². The summed E-state index contributed by atoms with van der Waals surface area (Å²) in [6.45, 7) is 4.43. The monoisotopic (exact) mass is 322 g/mol. The van der Waals surface area contributed by atoms with Gasteiger partial charge in [-0.15, -0.1) is 0 Å². The molecule has 1 fully saturated rings. The number of carbonyl (C=O) groups is 2. The Kier molecular flexibility index (Phi) is 4.80. The third kappa shape index (κ3) is 3.47. The van der Waals surface area contributed by atoms with E-state index in [9.17, 15) is 9.59 Å². The molecule has 0 spiro atoms. The van der Waals surface area contributed by atoms with E-state index in [1.807, 2.05) is 0 Å². The van der Waals surface area contributed by atoms with Crippen LogP contribution in [0, 0.1) is 0 Å². The summed E-state index contributed by atoms with van der Waals surface area (Å²) in [5, 5.41) is 10.1. The zero-order valence-corrected chi connectivity index (χ0v) is 13.3. The van der Waals surface area contributed by atoms with Crippen molar-refractivity contribution in [2.45, 2.75) is 38.8 Å². The summed E-state index contributed by atoms with van der Waals surface area (Å²) >= 11 is 0. The molecule has 8 nitrogen and oxygen atoms in total. The van der Waals surface area contributed by atoms with Crippen LogP contribution in [-0.4, -0.2) is 59.4 Å². The van der Waals surface area contributed by atoms with Gasteiger partial charge >= 0.3 is 6.09 Å². The Morgan fingerprint density at radius 3 is 2.96 bits per heavy atom. The van der Waals surface area contributed by atoms with Crippen LogP contribution in [0.2, 0.25) is 0 Å². The van der Waals surface area contributed by atoms with Crippen LogP contribution in [-0.2, 0) is 22.5 Å². The predicted octanol–water partition coefficient (Wildman–Crippen LogP) is 0.833. The molecule has 0 aromatic carbocycles. The van der Waals surface area contributed by atoms with E-state index in [2.05, 4.69) is 15.5 Å². The third-order valence-corrected chi connectivity index (χ3v) is 4.27. The number of rotatable bonds is 3. The number of nitrogens with one attached hydrogen (secondary N) is 2. The van der Waals surface area contributed by atoms with Crippen LogP contribution < -0.4 is 5.32 Å². The van der Waals surface area contributed by atoms with Gasteiger partial charge in [0.25, 0.3) is 5.91 Å². The number of amides is 2. The van der Waals surface area contributed by atoms with Gasteiger partial charge in [-0.2, -0.15) is 5.10 Å². The van der Waals surface area contributed by atoms with Crippen LogP contribution in [0.25, 0.3) is 0 Å². The van der Waals surface area contributed by atoms with E-state index in [0.717, 1.165) is 17.7 Å². The van der Waals surface area contributed by atoms with Crippen molar-refractivity contribution in [2.75, 3.05) is 26.3 Å². The number of hydrogen-bond acceptors (Lipinski definition) is 5. The minimum atomic E-state index is -0.282. The number of nitrogens with zero attached hydrogens (tertiary/aromatic N) is 2. The molecule has 0 saturated carbocycles. The van der Waals surface area contributed by atoms with Crippen molar-refractivity contribution in [3.05, 3.63) is 17.0 Å². The molecule has 3 rings (SSSR count). The maximum absolute atomic E-state index is 12.4. The molecule has 0 atom stereocenters. The van der Waals surface area contributed by atoms with Crippen molar-refractivity contribution in [1.29, 1.82) is 0 Å². The number of likely N-dealkylation sites (tertiary alicyclic amines) is 1. The molecule has 2 aliphatic rings. The van der Waals surface area contributed by atoms with Crippen molar-refractivity contribution < 1.29 is 19.1 Å². The SMILES string of the molecule is CCOC(=O)N1CCC(NC(=O)c2n[nH]c3c2COCC3)CC1. The summed E-state index contributed by atoms with van der Waals surface area (Å²) in [4.78, 5) is 25.7. The van der Waals surface area contributed by atoms with E-state index in [-0.39, 0.29) is 18.0 Å². The Balaban J connectivity index is 1.54. The first-order valence-electron chi connectivity index (χ1n) is 8.05. The highest BCUT2D eigenvalue weighted by Crippen LogP contribution is 2.19. The quantitative estimate of drug-likeness (QED) is 0.859. The van der Waals surface area contributed by atoms with Crippen molar-refractivity contribution in [1.82, 2.24) is 20.4 Å². The van der Waals surface area contributed by atoms with Gasteiger partial charge in [0.2, 0.25) is 0 Å². The number of H-pyrrole nitrogens is 1. The van der Waals surface area contributed by atoms with Gasteiger partial charge in [0.05, 0.1) is 19.8 Å². The predicted molar refractivity (Wildman–Crippen MR) is 81.0 cm³/mol. The van der Waals surface area contributed by atoms with Gasteiger partial charge in [0.1, 0.15) is 0 Å². The minimum Gasteiger partial charge on any atom is -0.450 e. The summed E-state index contributed by atoms with van der Waals surface area (Å²) in [5.74, 6) is -0.178. The van der Waals surface area contributed by atoms with Gasteiger partial charge in [-0.1, -0.05) is 0 Å². The van der Waals surface area contributed by atoms with Gasteiger partial charge < -0.3 is 19.7 Å². The summed E-state index contributed by atoms with van der Waals surface area (Å²) < 4.78 is 10.4. The first-order valence-corrected chi connectivity index (χ1v) is 8.05. The molecular weight excluding hydrogens is 300 g/mol. The number of piperidine rings is 1. The van der Waals surface area contributed by atoms with Crippen molar-refractivity contribution in [3.8, 4) is 0 Å². The van der Waals surface area contributed by atoms with E-state index in [4.69, 9.17) is 9.47 Å². The number of hydrogen-bond donors (Lipinski definition) is 2. The number of aromatic amines is 1. The zero-order chi connectivity index (χ0) is 16.2. The second-order valence-electron chi connectivity index (χ2n) is 5.77. The molecule has 1 saturated heterocycles. The fraction of sp³-hybridized carbons (Fsp3) is 0.667. The summed E-state index contributed by atoms with van der Waals surface area (Å²) in [6, 6.07) is 0.0463. The molecule has 23 heavy (non-hydrogen) atoms. The molecule has 0 aliphatic carbocycles. The fourth-order valence-corrected chi connectivity index (χ4v) is 2.97. The Bertz CT molecular complexity index is 578. The lowest BCUT2D eigenvalue weighted by atomic mass is 10.0. The lowest BCUT2D eigenvalue weighted by Crippen LogP contribution is -2.46. The molecule has 0 unspecified atom stereocenters. The van der Waals surface area contributed by atoms with E-state index in [1.54, 1.807) is 11.8 Å². The van der Waals surface area contributed by atoms with Crippen molar-refractivity contribution >= 4 is 12.0 Å². The molecule has 3 heterocycles. The van der Waals surface area contributed by atoms with Crippen LogP contribution >= 0.6 is 0 Å². The Morgan fingerprint density at radius 1 is 1.43 bits per heavy atom. The molecular formula is C15H22N4O4. The average Bonchev–Trinajstić information content (AvgIpc) is 3.00. The number of carbonyl (C=O) groups excluding carboxylic acids is 2. The highest BCUT2D eigenvalue weighted by molar-refractivity contribution is 5.94. The molecule has 1 aromatic heterocycles. The van der Waals surface area contributed by atoms with Gasteiger partial charge in [0.15, 0.2) is 5.69 Å². The molecule has 0 bridgehead atoms. The topological polar surface area (TPSA) is 96.5 Å². The van der Waals surface area contributed by atoms with E-state index < -0.39 is 0 Å². The molecule has 1 aromatic rings. The van der Waals surface area contributed by atoms with Crippen LogP contribution in [0.3, 0.4) is 0 Å². The lowest BCUT2D eigenvalue weighted by molar-refractivity contribution is 0.0845. The first kappa shape index (κ1) is 15.8. The fourth-order valence-electron chi connectivity index (χ4n) is 2.97. The first-order chi connectivity index (χ1) is 11.2. The highest BCUT2D eigenvalue weighted by atomic mass is 16.6. The molecule has 2 amide bonds. The molecule has 8 heteroatoms. The lowest BCUT2D eigenvalue weighted by Gasteiger charge is -2.31. The van der Waals surface area contributed by atoms with Gasteiger partial charge in [-0.3, -0.25) is 9.89 Å². The normalized spacial score (nSPS) is 18.4. The number of aromatic nitrogens is 2. The standard InChI is InChI=1S/C15H22N4O4/c1-2-23-15(21)19-6-3-10(4-7-19)16-14(20)13-11-9-22-8-5-12(11)17-18-13/h10H,2-9H2,1H3,(H,16,20)(H,17,18). The zero-order valence-electron chi connectivity index (χ0n) is 13.3. The second kappa shape index (κ2) is 6.99. The largest absolute Gasteiger partial charge is 0.450 e. The van der Waals surface area contributed by atoms with E-state index >= 15 is 0 Å². The van der Waals surface area contributed by atoms with Crippen LogP contribution in [0.1, 0.15) is 41.5 Å². The van der Waals surface area contributed by atoms with Gasteiger partial charge in [-0.25, -0.2) is 4.79 Å². The molecule has 2 N–H and O–H groups in total. The maximum Gasteiger partial charge on any atom is 0.409 e. The average molecular weight is 322 g/mol. The maximum atomic E-state index is 12.4. The summed E-state index contributed by atoms with van der Waals surface area (Å²) in [6.07, 6.45) is 1.91. The molecule has 2 aliphatic heterocycles. The second-order valence-corrected chi connectivity index (χ2v) is 5.77. The summed E-state index contributed by atoms with van der Waals surface area (Å²) in [7, 11) is 0. The van der Waals surface area contributed by atoms with Crippen molar-refractivity contribution in [2.24, 2.45) is 0 Å². The van der Waals surface area contributed by atoms with Crippen LogP contribution in [0.5, 0.6) is 0 Å². The molecule has 126 valence electrons. The highest BCUT2D eigenvalue weighted by Gasteiger charge is 2.27. The summed E-state index contributed by atoms with van der Waals surface area (Å²) in [5.41, 5.74) is 2.27. The number of fused-ring (bicyclic) bond motifs is 1. The molecule has 0 radical (unpaired) electrons. The Morgan fingerprint density at radius 2 is 2.22 bits per heavy atom. The van der Waals surface area contributed by atoms with Crippen LogP contribution in [0.4, 0.5) is 4.79 Å². The Labute approximate surface area is 134 Å². The van der Waals surface area contributed by atoms with Gasteiger partial charge in [-0.05, 0) is 19.8 Å². The Hall–Kier alpha value is -2.09. The smallest absolute Gasteiger partial charge is 0.409 e. The third-order valence-electron chi connectivity index (χ3n) is 4.27. The van der Waals surface area contributed by atoms with Crippen LogP contribution in [0.15, 0.2) is 0 Å². The minimum absolute atomic E-state index is 0.0463. The van der Waals surface area contributed by atoms with E-state index in [1.165, 1.54) is 0 Å².